The average Bonchev–Trinajstić information content (AvgIpc) is 3.74. The molecule has 0 radical (unpaired) electrons. The van der Waals surface area contributed by atoms with Gasteiger partial charge in [0.15, 0.2) is 5.96 Å². The lowest BCUT2D eigenvalue weighted by Gasteiger charge is -2.31. The molecule has 0 bridgehead atoms. The van der Waals surface area contributed by atoms with Crippen LogP contribution in [0.2, 0.25) is 0 Å². The molecule has 17 N–H and O–H groups in total. The van der Waals surface area contributed by atoms with Gasteiger partial charge in [0, 0.05) is 18.8 Å². The zero-order chi connectivity index (χ0) is 49.6. The Bertz CT molecular complexity index is 1670. The second-order valence-electron chi connectivity index (χ2n) is 16.8. The van der Waals surface area contributed by atoms with Gasteiger partial charge in [-0.15, -0.1) is 0 Å². The maximum absolute atomic E-state index is 14.1. The summed E-state index contributed by atoms with van der Waals surface area (Å²) >= 11 is 3.97. The minimum Gasteiger partial charge on any atom is -0.480 e. The number of rotatable bonds is 29. The topological polar surface area (TPSA) is 398 Å². The minimum absolute atomic E-state index is 0.00248. The monoisotopic (exact) mass is 944 g/mol. The molecule has 0 aromatic rings. The first kappa shape index (κ1) is 57.7. The van der Waals surface area contributed by atoms with Gasteiger partial charge in [0.1, 0.15) is 48.3 Å². The minimum atomic E-state index is -1.47. The van der Waals surface area contributed by atoms with Crippen molar-refractivity contribution < 1.29 is 53.4 Å². The van der Waals surface area contributed by atoms with Crippen molar-refractivity contribution in [1.82, 2.24) is 42.1 Å². The molecule has 0 aromatic heterocycles. The van der Waals surface area contributed by atoms with Crippen LogP contribution in [-0.2, 0) is 43.2 Å². The standard InChI is InChI=1S/C40H73N13O11S/c1-20(2)17-27(39(63)64)50-32(56)23(6)46-31(55)22(5)47-37(61)30(21(3)4)52-34(58)25(11-7-8-14-41)48-36(60)29-13-10-16-53(29)38(62)26(12-9-15-45-40(43)44)49-35(59)28(18-54)51-33(57)24(42)19-65/h20-30,54,65H,7-19,41-42H2,1-6H3,(H,46,55)(H,47,61)(H,48,60)(H,49,59)(H,50,56)(H,51,57)(H,52,58)(H,63,64)(H4,43,44,45)/t22-,23-,24-,25-,26-,27-,28-,29-,30-/m0/s1. The Hall–Kier alpha value is -5.27. The zero-order valence-electron chi connectivity index (χ0n) is 38.3. The van der Waals surface area contributed by atoms with Crippen molar-refractivity contribution in [2.24, 2.45) is 39.8 Å². The number of nitrogens with two attached hydrogens (primary N) is 4. The number of thiol groups is 1. The third-order valence-corrected chi connectivity index (χ3v) is 10.8. The number of hydrogen-bond donors (Lipinski definition) is 14. The van der Waals surface area contributed by atoms with Crippen molar-refractivity contribution in [3.8, 4) is 0 Å². The van der Waals surface area contributed by atoms with E-state index in [4.69, 9.17) is 22.9 Å². The molecule has 370 valence electrons. The van der Waals surface area contributed by atoms with Gasteiger partial charge < -0.3 is 75.3 Å². The highest BCUT2D eigenvalue weighted by molar-refractivity contribution is 7.80. The highest BCUT2D eigenvalue weighted by atomic mass is 32.1. The summed E-state index contributed by atoms with van der Waals surface area (Å²) in [6.45, 7) is 9.31. The van der Waals surface area contributed by atoms with E-state index >= 15 is 0 Å². The van der Waals surface area contributed by atoms with Crippen molar-refractivity contribution in [3.05, 3.63) is 0 Å². The van der Waals surface area contributed by atoms with Crippen LogP contribution in [0.15, 0.2) is 4.99 Å². The summed E-state index contributed by atoms with van der Waals surface area (Å²) in [4.78, 5) is 124. The fourth-order valence-corrected chi connectivity index (χ4v) is 6.84. The number of guanidine groups is 1. The Morgan fingerprint density at radius 1 is 0.708 bits per heavy atom. The van der Waals surface area contributed by atoms with Crippen LogP contribution in [0.1, 0.15) is 92.9 Å². The molecule has 8 amide bonds. The number of aliphatic carboxylic acids is 1. The predicted octanol–water partition coefficient (Wildman–Crippen LogP) is -4.37. The van der Waals surface area contributed by atoms with Crippen LogP contribution in [0, 0.1) is 11.8 Å². The van der Waals surface area contributed by atoms with Gasteiger partial charge in [-0.3, -0.25) is 43.3 Å². The summed E-state index contributed by atoms with van der Waals surface area (Å²) in [5.41, 5.74) is 22.3. The van der Waals surface area contributed by atoms with Crippen LogP contribution in [0.3, 0.4) is 0 Å². The fraction of sp³-hybridized carbons (Fsp3) is 0.750. The maximum atomic E-state index is 14.1. The number of aliphatic hydroxyl groups excluding tert-OH is 1. The van der Waals surface area contributed by atoms with Crippen molar-refractivity contribution in [2.45, 2.75) is 147 Å². The highest BCUT2D eigenvalue weighted by Crippen LogP contribution is 2.21. The number of carboxylic acids is 1. The normalized spacial score (nSPS) is 17.2. The van der Waals surface area contributed by atoms with Crippen molar-refractivity contribution >= 4 is 71.8 Å². The van der Waals surface area contributed by atoms with E-state index in [0.717, 1.165) is 0 Å². The Balaban J connectivity index is 3.21. The molecule has 65 heavy (non-hydrogen) atoms. The Kier molecular flexibility index (Phi) is 26.0. The zero-order valence-corrected chi connectivity index (χ0v) is 39.2. The lowest BCUT2D eigenvalue weighted by molar-refractivity contribution is -0.143. The number of aliphatic hydroxyl groups is 1. The molecule has 0 unspecified atom stereocenters. The first-order valence-corrected chi connectivity index (χ1v) is 22.5. The quantitative estimate of drug-likeness (QED) is 0.0146. The van der Waals surface area contributed by atoms with E-state index in [0.29, 0.717) is 25.8 Å². The lowest BCUT2D eigenvalue weighted by Crippen LogP contribution is -2.60. The Labute approximate surface area is 385 Å². The van der Waals surface area contributed by atoms with E-state index in [9.17, 15) is 53.4 Å². The second kappa shape index (κ2) is 29.3. The number of amides is 8. The summed E-state index contributed by atoms with van der Waals surface area (Å²) in [5.74, 6) is -7.94. The molecule has 1 fully saturated rings. The molecule has 1 aliphatic rings. The SMILES string of the molecule is CC(C)C[C@H](NC(=O)[C@H](C)NC(=O)[C@H](C)NC(=O)[C@@H](NC(=O)[C@H](CCCCN)NC(=O)[C@@H]1CCCN1C(=O)[C@H](CCCN=C(N)N)NC(=O)[C@H](CO)NC(=O)[C@@H](N)CS)C(C)C)C(=O)O. The Morgan fingerprint density at radius 3 is 1.80 bits per heavy atom. The fourth-order valence-electron chi connectivity index (χ4n) is 6.67. The molecule has 0 aliphatic carbocycles. The van der Waals surface area contributed by atoms with E-state index in [1.807, 2.05) is 0 Å². The number of nitrogens with one attached hydrogen (secondary N) is 7. The summed E-state index contributed by atoms with van der Waals surface area (Å²) < 4.78 is 0. The van der Waals surface area contributed by atoms with Crippen molar-refractivity contribution in [1.29, 1.82) is 0 Å². The van der Waals surface area contributed by atoms with Crippen LogP contribution < -0.4 is 60.2 Å². The van der Waals surface area contributed by atoms with Crippen LogP contribution in [0.4, 0.5) is 0 Å². The molecule has 0 saturated carbocycles. The number of nitrogens with zero attached hydrogens (tertiary/aromatic N) is 2. The number of carbonyl (C=O) groups is 9. The number of carboxylic acid groups (broad SMARTS) is 1. The van der Waals surface area contributed by atoms with Crippen LogP contribution in [0.25, 0.3) is 0 Å². The van der Waals surface area contributed by atoms with Crippen LogP contribution in [0.5, 0.6) is 0 Å². The first-order valence-electron chi connectivity index (χ1n) is 21.9. The van der Waals surface area contributed by atoms with Crippen molar-refractivity contribution in [3.63, 3.8) is 0 Å². The number of hydrogen-bond acceptors (Lipinski definition) is 14. The first-order chi connectivity index (χ1) is 30.5. The number of likely N-dealkylation sites (tertiary alicyclic amines) is 1. The van der Waals surface area contributed by atoms with E-state index < -0.39 is 120 Å². The molecule has 1 aliphatic heterocycles. The van der Waals surface area contributed by atoms with Gasteiger partial charge in [-0.05, 0) is 83.6 Å². The molecule has 1 rings (SSSR count). The Morgan fingerprint density at radius 2 is 1.26 bits per heavy atom. The molecule has 24 nitrogen and oxygen atoms in total. The molecular weight excluding hydrogens is 871 g/mol. The number of aliphatic imine (C=N–C) groups is 1. The molecule has 25 heteroatoms. The number of carbonyl (C=O) groups excluding carboxylic acids is 8. The van der Waals surface area contributed by atoms with E-state index in [-0.39, 0.29) is 62.8 Å². The summed E-state index contributed by atoms with van der Waals surface area (Å²) in [6.07, 6.45) is 1.98. The summed E-state index contributed by atoms with van der Waals surface area (Å²) in [7, 11) is 0. The highest BCUT2D eigenvalue weighted by Gasteiger charge is 2.40. The van der Waals surface area contributed by atoms with Crippen molar-refractivity contribution in [2.75, 3.05) is 32.0 Å². The third kappa shape index (κ3) is 20.2. The van der Waals surface area contributed by atoms with Crippen LogP contribution in [-0.4, -0.2) is 161 Å². The molecule has 0 aromatic carbocycles. The molecule has 0 spiro atoms. The van der Waals surface area contributed by atoms with E-state index in [2.05, 4.69) is 54.8 Å². The van der Waals surface area contributed by atoms with Gasteiger partial charge in [0.2, 0.25) is 47.3 Å². The van der Waals surface area contributed by atoms with Gasteiger partial charge in [-0.2, -0.15) is 12.6 Å². The lowest BCUT2D eigenvalue weighted by atomic mass is 10.0. The molecule has 1 saturated heterocycles. The number of unbranched alkanes of at least 4 members (excludes halogenated alkanes) is 1. The summed E-state index contributed by atoms with van der Waals surface area (Å²) in [6, 6.07) is -10.8. The molecule has 1 heterocycles. The van der Waals surface area contributed by atoms with Gasteiger partial charge in [-0.1, -0.05) is 27.7 Å². The van der Waals surface area contributed by atoms with Gasteiger partial charge in [0.05, 0.1) is 12.6 Å². The smallest absolute Gasteiger partial charge is 0.326 e. The largest absolute Gasteiger partial charge is 0.480 e. The third-order valence-electron chi connectivity index (χ3n) is 10.4. The van der Waals surface area contributed by atoms with E-state index in [1.165, 1.54) is 18.7 Å². The maximum Gasteiger partial charge on any atom is 0.326 e. The van der Waals surface area contributed by atoms with Gasteiger partial charge in [-0.25, -0.2) is 4.79 Å². The van der Waals surface area contributed by atoms with E-state index in [1.54, 1.807) is 27.7 Å². The van der Waals surface area contributed by atoms with Gasteiger partial charge in [0.25, 0.3) is 0 Å². The van der Waals surface area contributed by atoms with Crippen LogP contribution >= 0.6 is 12.6 Å². The predicted molar refractivity (Wildman–Crippen MR) is 243 cm³/mol. The summed E-state index contributed by atoms with van der Waals surface area (Å²) in [5, 5.41) is 37.0. The van der Waals surface area contributed by atoms with Gasteiger partial charge >= 0.3 is 5.97 Å². The average molecular weight is 944 g/mol. The molecular formula is C40H73N13O11S. The second-order valence-corrected chi connectivity index (χ2v) is 17.2. The molecule has 9 atom stereocenters.